The zero-order valence-electron chi connectivity index (χ0n) is 12.1. The molecule has 1 unspecified atom stereocenters. The minimum Gasteiger partial charge on any atom is -0.330 e. The smallest absolute Gasteiger partial charge is 0.123 e. The second-order valence-corrected chi connectivity index (χ2v) is 5.64. The van der Waals surface area contributed by atoms with Crippen LogP contribution in [0.3, 0.4) is 0 Å². The molecule has 2 nitrogen and oxygen atoms in total. The molecule has 0 radical (unpaired) electrons. The Morgan fingerprint density at radius 1 is 1.10 bits per heavy atom. The van der Waals surface area contributed by atoms with E-state index in [9.17, 15) is 4.39 Å². The highest BCUT2D eigenvalue weighted by Gasteiger charge is 2.26. The van der Waals surface area contributed by atoms with Crippen LogP contribution in [0.15, 0.2) is 48.5 Å². The molecule has 110 valence electrons. The molecule has 0 aliphatic carbocycles. The number of benzene rings is 2. The van der Waals surface area contributed by atoms with E-state index in [0.717, 1.165) is 31.5 Å². The molecule has 2 aromatic carbocycles. The van der Waals surface area contributed by atoms with Gasteiger partial charge in [-0.25, -0.2) is 4.39 Å². The highest BCUT2D eigenvalue weighted by atomic mass is 19.1. The first-order chi connectivity index (χ1) is 10.3. The summed E-state index contributed by atoms with van der Waals surface area (Å²) in [5.41, 5.74) is 9.80. The van der Waals surface area contributed by atoms with Gasteiger partial charge in [0, 0.05) is 19.1 Å². The fourth-order valence-electron chi connectivity index (χ4n) is 3.21. The molecule has 0 saturated carbocycles. The third-order valence-corrected chi connectivity index (χ3v) is 4.26. The monoisotopic (exact) mass is 284 g/mol. The van der Waals surface area contributed by atoms with Gasteiger partial charge in [0.25, 0.3) is 0 Å². The summed E-state index contributed by atoms with van der Waals surface area (Å²) in [4.78, 5) is 2.46. The summed E-state index contributed by atoms with van der Waals surface area (Å²) in [6.07, 6.45) is 2.02. The molecule has 1 aliphatic heterocycles. The van der Waals surface area contributed by atoms with Crippen molar-refractivity contribution in [2.75, 3.05) is 13.1 Å². The molecule has 2 aromatic rings. The van der Waals surface area contributed by atoms with Gasteiger partial charge in [0.15, 0.2) is 0 Å². The number of fused-ring (bicyclic) bond motifs is 1. The van der Waals surface area contributed by atoms with Gasteiger partial charge >= 0.3 is 0 Å². The Labute approximate surface area is 125 Å². The summed E-state index contributed by atoms with van der Waals surface area (Å²) in [6.45, 7) is 2.55. The van der Waals surface area contributed by atoms with Crippen LogP contribution in [0.5, 0.6) is 0 Å². The highest BCUT2D eigenvalue weighted by molar-refractivity contribution is 5.33. The standard InChI is InChI=1S/C18H21FN2/c19-16-7-5-14(6-8-16)13-21-12-10-15-3-1-2-4-17(15)18(21)9-11-20/h1-8,18H,9-13,20H2. The molecule has 0 amide bonds. The number of hydrogen-bond donors (Lipinski definition) is 1. The van der Waals surface area contributed by atoms with Gasteiger partial charge in [-0.1, -0.05) is 36.4 Å². The maximum absolute atomic E-state index is 13.0. The number of rotatable bonds is 4. The Balaban J connectivity index is 1.83. The fraction of sp³-hybridized carbons (Fsp3) is 0.333. The average Bonchev–Trinajstić information content (AvgIpc) is 2.52. The molecular formula is C18H21FN2. The lowest BCUT2D eigenvalue weighted by Crippen LogP contribution is -2.36. The molecule has 3 rings (SSSR count). The van der Waals surface area contributed by atoms with Crippen LogP contribution in [0, 0.1) is 5.82 Å². The third kappa shape index (κ3) is 3.14. The second-order valence-electron chi connectivity index (χ2n) is 5.64. The Kier molecular flexibility index (Phi) is 4.32. The Morgan fingerprint density at radius 2 is 1.86 bits per heavy atom. The first-order valence-electron chi connectivity index (χ1n) is 7.54. The lowest BCUT2D eigenvalue weighted by atomic mass is 9.90. The van der Waals surface area contributed by atoms with E-state index >= 15 is 0 Å². The fourth-order valence-corrected chi connectivity index (χ4v) is 3.21. The molecule has 2 N–H and O–H groups in total. The predicted octanol–water partition coefficient (Wildman–Crippen LogP) is 3.27. The summed E-state index contributed by atoms with van der Waals surface area (Å²) < 4.78 is 13.0. The van der Waals surface area contributed by atoms with Gasteiger partial charge in [-0.05, 0) is 48.2 Å². The van der Waals surface area contributed by atoms with E-state index in [0.29, 0.717) is 12.6 Å². The van der Waals surface area contributed by atoms with Gasteiger partial charge < -0.3 is 5.73 Å². The Bertz CT molecular complexity index is 594. The highest BCUT2D eigenvalue weighted by Crippen LogP contribution is 2.32. The van der Waals surface area contributed by atoms with Gasteiger partial charge in [-0.2, -0.15) is 0 Å². The second kappa shape index (κ2) is 6.37. The van der Waals surface area contributed by atoms with Gasteiger partial charge in [0.1, 0.15) is 5.82 Å². The molecular weight excluding hydrogens is 263 g/mol. The van der Waals surface area contributed by atoms with Crippen LogP contribution in [0.25, 0.3) is 0 Å². The zero-order valence-corrected chi connectivity index (χ0v) is 12.1. The van der Waals surface area contributed by atoms with Crippen molar-refractivity contribution in [3.8, 4) is 0 Å². The molecule has 1 aliphatic rings. The lowest BCUT2D eigenvalue weighted by molar-refractivity contribution is 0.169. The third-order valence-electron chi connectivity index (χ3n) is 4.26. The van der Waals surface area contributed by atoms with Gasteiger partial charge in [-0.15, -0.1) is 0 Å². The first-order valence-corrected chi connectivity index (χ1v) is 7.54. The van der Waals surface area contributed by atoms with Gasteiger partial charge in [0.2, 0.25) is 0 Å². The molecule has 0 spiro atoms. The summed E-state index contributed by atoms with van der Waals surface area (Å²) in [6, 6.07) is 15.8. The molecule has 1 heterocycles. The first kappa shape index (κ1) is 14.2. The number of nitrogens with zero attached hydrogens (tertiary/aromatic N) is 1. The minimum atomic E-state index is -0.179. The maximum Gasteiger partial charge on any atom is 0.123 e. The van der Waals surface area contributed by atoms with Crippen molar-refractivity contribution >= 4 is 0 Å². The molecule has 3 heteroatoms. The number of hydrogen-bond acceptors (Lipinski definition) is 2. The number of nitrogens with two attached hydrogens (primary N) is 1. The van der Waals surface area contributed by atoms with Crippen LogP contribution in [0.2, 0.25) is 0 Å². The molecule has 0 saturated heterocycles. The van der Waals surface area contributed by atoms with Crippen LogP contribution >= 0.6 is 0 Å². The van der Waals surface area contributed by atoms with Crippen molar-refractivity contribution in [3.05, 3.63) is 71.0 Å². The average molecular weight is 284 g/mol. The van der Waals surface area contributed by atoms with Crippen molar-refractivity contribution < 1.29 is 4.39 Å². The van der Waals surface area contributed by atoms with E-state index in [1.165, 1.54) is 23.3 Å². The van der Waals surface area contributed by atoms with Crippen LogP contribution in [0.4, 0.5) is 4.39 Å². The largest absolute Gasteiger partial charge is 0.330 e. The predicted molar refractivity (Wildman–Crippen MR) is 83.4 cm³/mol. The quantitative estimate of drug-likeness (QED) is 0.933. The summed E-state index contributed by atoms with van der Waals surface area (Å²) >= 11 is 0. The van der Waals surface area contributed by atoms with Crippen molar-refractivity contribution in [1.82, 2.24) is 4.90 Å². The minimum absolute atomic E-state index is 0.179. The molecule has 0 fully saturated rings. The van der Waals surface area contributed by atoms with Crippen molar-refractivity contribution in [2.24, 2.45) is 5.73 Å². The topological polar surface area (TPSA) is 29.3 Å². The summed E-state index contributed by atoms with van der Waals surface area (Å²) in [5, 5.41) is 0. The van der Waals surface area contributed by atoms with Crippen LogP contribution in [0.1, 0.15) is 29.2 Å². The SMILES string of the molecule is NCCC1c2ccccc2CCN1Cc1ccc(F)cc1. The summed E-state index contributed by atoms with van der Waals surface area (Å²) in [5.74, 6) is -0.179. The molecule has 0 bridgehead atoms. The Morgan fingerprint density at radius 3 is 2.62 bits per heavy atom. The van der Waals surface area contributed by atoms with E-state index in [1.54, 1.807) is 0 Å². The van der Waals surface area contributed by atoms with E-state index < -0.39 is 0 Å². The normalized spacial score (nSPS) is 18.5. The molecule has 21 heavy (non-hydrogen) atoms. The lowest BCUT2D eigenvalue weighted by Gasteiger charge is -2.37. The van der Waals surface area contributed by atoms with Crippen molar-refractivity contribution in [3.63, 3.8) is 0 Å². The summed E-state index contributed by atoms with van der Waals surface area (Å²) in [7, 11) is 0. The molecule has 0 aromatic heterocycles. The van der Waals surface area contributed by atoms with Crippen LogP contribution in [-0.2, 0) is 13.0 Å². The van der Waals surface area contributed by atoms with Crippen molar-refractivity contribution in [1.29, 1.82) is 0 Å². The zero-order chi connectivity index (χ0) is 14.7. The van der Waals surface area contributed by atoms with E-state index in [4.69, 9.17) is 5.73 Å². The van der Waals surface area contributed by atoms with E-state index in [1.807, 2.05) is 12.1 Å². The maximum atomic E-state index is 13.0. The van der Waals surface area contributed by atoms with Crippen LogP contribution in [-0.4, -0.2) is 18.0 Å². The van der Waals surface area contributed by atoms with E-state index in [-0.39, 0.29) is 5.82 Å². The van der Waals surface area contributed by atoms with Crippen molar-refractivity contribution in [2.45, 2.75) is 25.4 Å². The van der Waals surface area contributed by atoms with Gasteiger partial charge in [0.05, 0.1) is 0 Å². The van der Waals surface area contributed by atoms with Crippen LogP contribution < -0.4 is 5.73 Å². The number of halogens is 1. The van der Waals surface area contributed by atoms with Gasteiger partial charge in [-0.3, -0.25) is 4.90 Å². The van der Waals surface area contributed by atoms with E-state index in [2.05, 4.69) is 29.2 Å². The molecule has 1 atom stereocenters. The Hall–Kier alpha value is -1.71.